The predicted octanol–water partition coefficient (Wildman–Crippen LogP) is 1.61. The topological polar surface area (TPSA) is 47.0 Å². The molecule has 1 N–H and O–H groups in total. The van der Waals surface area contributed by atoms with Crippen molar-refractivity contribution in [2.24, 2.45) is 0 Å². The summed E-state index contributed by atoms with van der Waals surface area (Å²) in [6.45, 7) is 6.01. The number of ether oxygens (including phenoxy) is 1. The molecule has 0 bridgehead atoms. The van der Waals surface area contributed by atoms with Gasteiger partial charge in [-0.25, -0.2) is 4.98 Å². The molecule has 1 aliphatic rings. The molecule has 88 valence electrons. The summed E-state index contributed by atoms with van der Waals surface area (Å²) in [4.78, 5) is 8.66. The van der Waals surface area contributed by atoms with E-state index in [1.165, 1.54) is 6.42 Å². The summed E-state index contributed by atoms with van der Waals surface area (Å²) in [5.41, 5.74) is 1.79. The Balaban J connectivity index is 2.04. The fraction of sp³-hybridized carbons (Fsp3) is 0.667. The first-order valence-electron chi connectivity index (χ1n) is 5.93. The molecular formula is C12H19N3O. The Morgan fingerprint density at radius 3 is 3.06 bits per heavy atom. The van der Waals surface area contributed by atoms with Crippen LogP contribution in [0.3, 0.4) is 0 Å². The van der Waals surface area contributed by atoms with E-state index in [4.69, 9.17) is 4.74 Å². The first-order valence-corrected chi connectivity index (χ1v) is 5.93. The van der Waals surface area contributed by atoms with Crippen LogP contribution >= 0.6 is 0 Å². The summed E-state index contributed by atoms with van der Waals surface area (Å²) in [6.07, 6.45) is 5.38. The molecule has 1 unspecified atom stereocenters. The van der Waals surface area contributed by atoms with Gasteiger partial charge in [-0.05, 0) is 46.2 Å². The molecular weight excluding hydrogens is 202 g/mol. The molecule has 2 rings (SSSR count). The Morgan fingerprint density at radius 2 is 2.19 bits per heavy atom. The number of nitrogens with zero attached hydrogens (tertiary/aromatic N) is 2. The molecule has 0 saturated carbocycles. The molecule has 1 aromatic rings. The van der Waals surface area contributed by atoms with Gasteiger partial charge in [0.15, 0.2) is 0 Å². The Kier molecular flexibility index (Phi) is 3.72. The number of hydrogen-bond donors (Lipinski definition) is 1. The average Bonchev–Trinajstić information content (AvgIpc) is 2.52. The zero-order valence-corrected chi connectivity index (χ0v) is 9.99. The lowest BCUT2D eigenvalue weighted by molar-refractivity contribution is 0.177. The lowest BCUT2D eigenvalue weighted by Crippen LogP contribution is -2.20. The maximum atomic E-state index is 5.93. The van der Waals surface area contributed by atoms with Gasteiger partial charge >= 0.3 is 0 Å². The second-order valence-corrected chi connectivity index (χ2v) is 4.32. The molecule has 1 fully saturated rings. The zero-order valence-electron chi connectivity index (χ0n) is 9.99. The third kappa shape index (κ3) is 2.92. The molecule has 16 heavy (non-hydrogen) atoms. The molecule has 1 atom stereocenters. The van der Waals surface area contributed by atoms with E-state index in [0.29, 0.717) is 5.88 Å². The minimum absolute atomic E-state index is 0.282. The number of aryl methyl sites for hydroxylation is 2. The quantitative estimate of drug-likeness (QED) is 0.824. The van der Waals surface area contributed by atoms with Crippen LogP contribution in [-0.2, 0) is 0 Å². The second-order valence-electron chi connectivity index (χ2n) is 4.32. The molecule has 0 aromatic carbocycles. The summed E-state index contributed by atoms with van der Waals surface area (Å²) in [6, 6.07) is 0. The molecule has 1 aromatic heterocycles. The van der Waals surface area contributed by atoms with Crippen LogP contribution in [0, 0.1) is 13.8 Å². The van der Waals surface area contributed by atoms with Crippen molar-refractivity contribution in [1.29, 1.82) is 0 Å². The van der Waals surface area contributed by atoms with Crippen LogP contribution in [0.4, 0.5) is 0 Å². The van der Waals surface area contributed by atoms with Crippen molar-refractivity contribution in [2.45, 2.75) is 39.2 Å². The van der Waals surface area contributed by atoms with Crippen LogP contribution in [0.1, 0.15) is 30.7 Å². The van der Waals surface area contributed by atoms with E-state index in [-0.39, 0.29) is 6.10 Å². The molecule has 4 nitrogen and oxygen atoms in total. The highest BCUT2D eigenvalue weighted by Crippen LogP contribution is 2.17. The van der Waals surface area contributed by atoms with Gasteiger partial charge in [0.25, 0.3) is 0 Å². The highest BCUT2D eigenvalue weighted by molar-refractivity contribution is 5.18. The molecule has 1 saturated heterocycles. The van der Waals surface area contributed by atoms with Crippen LogP contribution in [-0.4, -0.2) is 29.2 Å². The van der Waals surface area contributed by atoms with Gasteiger partial charge in [-0.2, -0.15) is 0 Å². The Labute approximate surface area is 96.4 Å². The van der Waals surface area contributed by atoms with Gasteiger partial charge in [0.2, 0.25) is 5.88 Å². The van der Waals surface area contributed by atoms with Crippen molar-refractivity contribution in [3.8, 4) is 5.88 Å². The molecule has 1 aliphatic heterocycles. The Morgan fingerprint density at radius 1 is 1.31 bits per heavy atom. The first-order chi connectivity index (χ1) is 7.75. The fourth-order valence-electron chi connectivity index (χ4n) is 1.89. The van der Waals surface area contributed by atoms with Gasteiger partial charge < -0.3 is 10.1 Å². The van der Waals surface area contributed by atoms with Crippen LogP contribution in [0.5, 0.6) is 5.88 Å². The highest BCUT2D eigenvalue weighted by Gasteiger charge is 2.15. The third-order valence-corrected chi connectivity index (χ3v) is 2.83. The number of aromatic nitrogens is 2. The summed E-state index contributed by atoms with van der Waals surface area (Å²) in [5, 5.41) is 3.37. The number of nitrogens with one attached hydrogen (secondary N) is 1. The normalized spacial score (nSPS) is 21.5. The van der Waals surface area contributed by atoms with Crippen LogP contribution in [0.15, 0.2) is 6.20 Å². The molecule has 0 aliphatic carbocycles. The van der Waals surface area contributed by atoms with E-state index in [9.17, 15) is 0 Å². The van der Waals surface area contributed by atoms with Crippen molar-refractivity contribution < 1.29 is 4.74 Å². The largest absolute Gasteiger partial charge is 0.473 e. The van der Waals surface area contributed by atoms with E-state index in [1.54, 1.807) is 6.20 Å². The van der Waals surface area contributed by atoms with Crippen molar-refractivity contribution >= 4 is 0 Å². The Bertz CT molecular complexity index is 346. The predicted molar refractivity (Wildman–Crippen MR) is 62.6 cm³/mol. The van der Waals surface area contributed by atoms with Crippen molar-refractivity contribution in [2.75, 3.05) is 13.1 Å². The maximum Gasteiger partial charge on any atom is 0.235 e. The van der Waals surface area contributed by atoms with Crippen LogP contribution in [0.2, 0.25) is 0 Å². The van der Waals surface area contributed by atoms with Crippen molar-refractivity contribution in [1.82, 2.24) is 15.3 Å². The van der Waals surface area contributed by atoms with E-state index in [2.05, 4.69) is 15.3 Å². The summed E-state index contributed by atoms with van der Waals surface area (Å²) < 4.78 is 5.93. The second kappa shape index (κ2) is 5.25. The average molecular weight is 221 g/mol. The first kappa shape index (κ1) is 11.3. The van der Waals surface area contributed by atoms with E-state index < -0.39 is 0 Å². The van der Waals surface area contributed by atoms with Gasteiger partial charge in [0.05, 0.1) is 11.4 Å². The van der Waals surface area contributed by atoms with Gasteiger partial charge in [0, 0.05) is 6.20 Å². The minimum atomic E-state index is 0.282. The highest BCUT2D eigenvalue weighted by atomic mass is 16.5. The van der Waals surface area contributed by atoms with E-state index in [1.807, 2.05) is 13.8 Å². The van der Waals surface area contributed by atoms with E-state index >= 15 is 0 Å². The fourth-order valence-corrected chi connectivity index (χ4v) is 1.89. The molecule has 2 heterocycles. The number of rotatable bonds is 2. The van der Waals surface area contributed by atoms with Crippen LogP contribution in [0.25, 0.3) is 0 Å². The number of hydrogen-bond acceptors (Lipinski definition) is 4. The smallest absolute Gasteiger partial charge is 0.235 e. The van der Waals surface area contributed by atoms with Crippen molar-refractivity contribution in [3.63, 3.8) is 0 Å². The summed E-state index contributed by atoms with van der Waals surface area (Å²) in [5.74, 6) is 0.701. The molecule has 4 heteroatoms. The SMILES string of the molecule is Cc1cnc(C)c(OC2CCCNCC2)n1. The van der Waals surface area contributed by atoms with Gasteiger partial charge in [0.1, 0.15) is 6.10 Å². The summed E-state index contributed by atoms with van der Waals surface area (Å²) >= 11 is 0. The molecule has 0 spiro atoms. The third-order valence-electron chi connectivity index (χ3n) is 2.83. The Hall–Kier alpha value is -1.16. The zero-order chi connectivity index (χ0) is 11.4. The monoisotopic (exact) mass is 221 g/mol. The molecule has 0 radical (unpaired) electrons. The standard InChI is InChI=1S/C12H19N3O/c1-9-8-14-10(2)12(15-9)16-11-4-3-6-13-7-5-11/h8,11,13H,3-7H2,1-2H3. The van der Waals surface area contributed by atoms with Gasteiger partial charge in [-0.15, -0.1) is 0 Å². The lowest BCUT2D eigenvalue weighted by atomic mass is 10.1. The van der Waals surface area contributed by atoms with E-state index in [0.717, 1.165) is 37.3 Å². The van der Waals surface area contributed by atoms with Gasteiger partial charge in [-0.3, -0.25) is 4.98 Å². The van der Waals surface area contributed by atoms with Gasteiger partial charge in [-0.1, -0.05) is 0 Å². The van der Waals surface area contributed by atoms with Crippen LogP contribution < -0.4 is 10.1 Å². The lowest BCUT2D eigenvalue weighted by Gasteiger charge is -2.16. The van der Waals surface area contributed by atoms with Crippen molar-refractivity contribution in [3.05, 3.63) is 17.6 Å². The maximum absolute atomic E-state index is 5.93. The minimum Gasteiger partial charge on any atom is -0.473 e. The summed E-state index contributed by atoms with van der Waals surface area (Å²) in [7, 11) is 0. The molecule has 0 amide bonds.